The predicted molar refractivity (Wildman–Crippen MR) is 221 cm³/mol. The van der Waals surface area contributed by atoms with Crippen LogP contribution in [0.2, 0.25) is 5.02 Å². The van der Waals surface area contributed by atoms with Gasteiger partial charge in [-0.1, -0.05) is 17.7 Å². The van der Waals surface area contributed by atoms with E-state index in [1.807, 2.05) is 0 Å². The highest BCUT2D eigenvalue weighted by atomic mass is 35.5. The highest BCUT2D eigenvalue weighted by Gasteiger charge is 2.67. The van der Waals surface area contributed by atoms with Crippen molar-refractivity contribution in [3.05, 3.63) is 116 Å². The van der Waals surface area contributed by atoms with Crippen LogP contribution in [-0.2, 0) is 40.3 Å². The average molecular weight is 963 g/mol. The van der Waals surface area contributed by atoms with Crippen LogP contribution in [0.5, 0.6) is 5.88 Å². The third kappa shape index (κ3) is 8.04. The third-order valence-corrected chi connectivity index (χ3v) is 12.0. The number of hydrogen-bond donors (Lipinski definition) is 2. The Labute approximate surface area is 371 Å². The highest BCUT2D eigenvalue weighted by Crippen LogP contribution is 2.68. The number of aromatic nitrogens is 8. The second-order valence-electron chi connectivity index (χ2n) is 15.7. The number of hydrogen-bond acceptors (Lipinski definition) is 10. The van der Waals surface area contributed by atoms with E-state index in [4.69, 9.17) is 21.3 Å². The fourth-order valence-electron chi connectivity index (χ4n) is 8.49. The zero-order valence-corrected chi connectivity index (χ0v) is 35.5. The highest BCUT2D eigenvalue weighted by molar-refractivity contribution is 7.92. The van der Waals surface area contributed by atoms with Crippen LogP contribution in [0, 0.1) is 17.6 Å². The number of halogens is 9. The minimum Gasteiger partial charge on any atom is -0.480 e. The Balaban J connectivity index is 1.28. The molecule has 1 amide bonds. The van der Waals surface area contributed by atoms with Crippen LogP contribution in [0.3, 0.4) is 0 Å². The molecule has 3 atom stereocenters. The Morgan fingerprint density at radius 2 is 1.73 bits per heavy atom. The molecule has 15 nitrogen and oxygen atoms in total. The van der Waals surface area contributed by atoms with Crippen LogP contribution in [0.1, 0.15) is 53.1 Å². The number of nitrogens with zero attached hydrogens (tertiary/aromatic N) is 8. The van der Waals surface area contributed by atoms with Crippen LogP contribution in [0.4, 0.5) is 40.9 Å². The smallest absolute Gasteiger partial charge is 0.293 e. The fraction of sp³-hybridized carbons (Fsp3) is 0.293. The van der Waals surface area contributed by atoms with Crippen molar-refractivity contribution in [3.8, 4) is 22.8 Å². The maximum Gasteiger partial charge on any atom is 0.293 e. The van der Waals surface area contributed by atoms with E-state index in [1.165, 1.54) is 43.5 Å². The van der Waals surface area contributed by atoms with Gasteiger partial charge in [-0.25, -0.2) is 39.7 Å². The molecule has 2 aliphatic rings. The van der Waals surface area contributed by atoms with Crippen molar-refractivity contribution in [1.29, 1.82) is 0 Å². The van der Waals surface area contributed by atoms with E-state index in [9.17, 15) is 39.6 Å². The number of benzene rings is 3. The molecule has 2 N–H and O–H groups in total. The van der Waals surface area contributed by atoms with Crippen LogP contribution in [0.15, 0.2) is 65.5 Å². The Bertz CT molecular complexity index is 3270. The number of sulfonamides is 1. The number of anilines is 1. The van der Waals surface area contributed by atoms with Crippen LogP contribution >= 0.6 is 11.6 Å². The SMILES string of the molecule is COc1ccc(-c2ccc3c(=O)n(-c4ccc(Cl)c5c(NS(C)(=O)=O)nn(CC(F)F)c45)c([C@H](Cc4cc(F)cc(F)c4)NC(=O)Cn4nc(C(F)F)c5c4C(F)(F)[C@@H]4C[C@H]54)nc3c2)nn1. The first kappa shape index (κ1) is 44.5. The van der Waals surface area contributed by atoms with E-state index >= 15 is 13.6 Å². The number of nitrogens with one attached hydrogen (secondary N) is 2. The fourth-order valence-corrected chi connectivity index (χ4v) is 9.23. The van der Waals surface area contributed by atoms with Gasteiger partial charge in [0.15, 0.2) is 5.82 Å². The molecule has 0 bridgehead atoms. The Morgan fingerprint density at radius 3 is 2.38 bits per heavy atom. The molecule has 66 heavy (non-hydrogen) atoms. The summed E-state index contributed by atoms with van der Waals surface area (Å²) >= 11 is 6.57. The van der Waals surface area contributed by atoms with Gasteiger partial charge in [-0.3, -0.25) is 28.2 Å². The topological polar surface area (TPSA) is 181 Å². The summed E-state index contributed by atoms with van der Waals surface area (Å²) in [7, 11) is -2.76. The second kappa shape index (κ2) is 16.3. The maximum atomic E-state index is 15.6. The standard InChI is InChI=1S/C41H31ClF8N10O5S/c1-65-31-8-6-25(53-54-31)18-3-4-21-26(12-18)52-39(60(40(21)62)28-7-5-24(42)33-35(28)58(15-29(45)46)56-38(33)57-66(2,63)64)27(11-17-9-19(43)13-20(44)10-17)51-30(61)16-59-36-32(34(55-59)37(47)48)22-14-23(22)41(36,49)50/h3-10,12-13,22-23,27,29,37H,11,14-16H2,1-2H3,(H,51,61)(H,56,57)/t22-,23+,27-/m0/s1. The van der Waals surface area contributed by atoms with Gasteiger partial charge in [0.05, 0.1) is 57.6 Å². The second-order valence-corrected chi connectivity index (χ2v) is 17.8. The van der Waals surface area contributed by atoms with Gasteiger partial charge in [-0.15, -0.1) is 10.2 Å². The Kier molecular flexibility index (Phi) is 11.0. The molecular formula is C41H31ClF8N10O5S. The number of amides is 1. The van der Waals surface area contributed by atoms with Gasteiger partial charge in [0.2, 0.25) is 21.8 Å². The van der Waals surface area contributed by atoms with Crippen molar-refractivity contribution in [2.45, 2.75) is 56.7 Å². The van der Waals surface area contributed by atoms with E-state index in [-0.39, 0.29) is 61.6 Å². The van der Waals surface area contributed by atoms with E-state index in [0.717, 1.165) is 23.0 Å². The van der Waals surface area contributed by atoms with Crippen molar-refractivity contribution in [1.82, 2.24) is 44.6 Å². The lowest BCUT2D eigenvalue weighted by atomic mass is 10.0. The predicted octanol–water partition coefficient (Wildman–Crippen LogP) is 7.21. The summed E-state index contributed by atoms with van der Waals surface area (Å²) in [5.74, 6) is -9.83. The van der Waals surface area contributed by atoms with Crippen molar-refractivity contribution < 1.29 is 53.1 Å². The molecule has 9 rings (SSSR count). The Hall–Kier alpha value is -6.69. The molecule has 25 heteroatoms. The van der Waals surface area contributed by atoms with Gasteiger partial charge < -0.3 is 10.1 Å². The number of methoxy groups -OCH3 is 1. The molecule has 1 fully saturated rings. The zero-order valence-electron chi connectivity index (χ0n) is 33.9. The number of ether oxygens (including phenoxy) is 1. The Morgan fingerprint density at radius 1 is 0.985 bits per heavy atom. The van der Waals surface area contributed by atoms with Gasteiger partial charge in [0.25, 0.3) is 24.3 Å². The molecule has 344 valence electrons. The molecule has 0 spiro atoms. The lowest BCUT2D eigenvalue weighted by Crippen LogP contribution is -2.38. The maximum absolute atomic E-state index is 15.6. The molecular weight excluding hydrogens is 932 g/mol. The molecule has 7 aromatic rings. The molecule has 4 heterocycles. The summed E-state index contributed by atoms with van der Waals surface area (Å²) in [6, 6.07) is 10.4. The summed E-state index contributed by atoms with van der Waals surface area (Å²) in [5.41, 5.74) is -3.30. The van der Waals surface area contributed by atoms with Gasteiger partial charge in [0.1, 0.15) is 41.9 Å². The minimum atomic E-state index is -4.14. The minimum absolute atomic E-state index is 0.0538. The van der Waals surface area contributed by atoms with Crippen molar-refractivity contribution in [2.75, 3.05) is 18.1 Å². The molecule has 4 aromatic heterocycles. The van der Waals surface area contributed by atoms with Gasteiger partial charge in [0, 0.05) is 35.6 Å². The summed E-state index contributed by atoms with van der Waals surface area (Å²) in [5, 5.41) is 17.8. The molecule has 0 radical (unpaired) electrons. The van der Waals surface area contributed by atoms with E-state index in [1.54, 1.807) is 6.07 Å². The van der Waals surface area contributed by atoms with Crippen molar-refractivity contribution >= 4 is 55.2 Å². The van der Waals surface area contributed by atoms with Crippen molar-refractivity contribution in [2.24, 2.45) is 5.92 Å². The lowest BCUT2D eigenvalue weighted by Gasteiger charge is -2.24. The quantitative estimate of drug-likeness (QED) is 0.106. The number of fused-ring (bicyclic) bond motifs is 5. The molecule has 0 unspecified atom stereocenters. The largest absolute Gasteiger partial charge is 0.480 e. The number of carbonyl (C=O) groups is 1. The number of alkyl halides is 6. The molecule has 3 aromatic carbocycles. The average Bonchev–Trinajstić information content (AvgIpc) is 3.77. The summed E-state index contributed by atoms with van der Waals surface area (Å²) in [6.45, 7) is -2.25. The molecule has 0 aliphatic heterocycles. The molecule has 1 saturated carbocycles. The van der Waals surface area contributed by atoms with Crippen molar-refractivity contribution in [3.63, 3.8) is 0 Å². The van der Waals surface area contributed by atoms with Gasteiger partial charge in [-0.05, 0) is 60.4 Å². The van der Waals surface area contributed by atoms with E-state index in [0.29, 0.717) is 21.0 Å². The first-order chi connectivity index (χ1) is 31.2. The monoisotopic (exact) mass is 962 g/mol. The molecule has 2 aliphatic carbocycles. The molecule has 0 saturated heterocycles. The lowest BCUT2D eigenvalue weighted by molar-refractivity contribution is -0.123. The van der Waals surface area contributed by atoms with E-state index in [2.05, 4.69) is 30.4 Å². The van der Waals surface area contributed by atoms with Crippen LogP contribution < -0.4 is 20.3 Å². The van der Waals surface area contributed by atoms with Gasteiger partial charge >= 0.3 is 0 Å². The van der Waals surface area contributed by atoms with E-state index < -0.39 is 112 Å². The zero-order chi connectivity index (χ0) is 47.1. The third-order valence-electron chi connectivity index (χ3n) is 11.2. The van der Waals surface area contributed by atoms with Crippen LogP contribution in [-0.4, -0.2) is 73.4 Å². The number of carbonyl (C=O) groups excluding carboxylic acids is 1. The first-order valence-electron chi connectivity index (χ1n) is 19.6. The normalized spacial score (nSPS) is 16.8. The van der Waals surface area contributed by atoms with Crippen LogP contribution in [0.25, 0.3) is 38.8 Å². The van der Waals surface area contributed by atoms with Gasteiger partial charge in [-0.2, -0.15) is 19.0 Å². The summed E-state index contributed by atoms with van der Waals surface area (Å²) < 4.78 is 152. The summed E-state index contributed by atoms with van der Waals surface area (Å²) in [6.07, 6.45) is -6.26. The number of rotatable bonds is 14. The summed E-state index contributed by atoms with van der Waals surface area (Å²) in [4.78, 5) is 34.0. The first-order valence-corrected chi connectivity index (χ1v) is 21.9.